The second-order valence-electron chi connectivity index (χ2n) is 10.9. The molecule has 2 atom stereocenters. The summed E-state index contributed by atoms with van der Waals surface area (Å²) >= 11 is 0. The molecule has 36 heavy (non-hydrogen) atoms. The van der Waals surface area contributed by atoms with E-state index in [0.717, 1.165) is 39.3 Å². The van der Waals surface area contributed by atoms with Crippen molar-refractivity contribution in [2.45, 2.75) is 71.9 Å². The van der Waals surface area contributed by atoms with Gasteiger partial charge in [0.1, 0.15) is 11.5 Å². The Bertz CT molecular complexity index is 995. The summed E-state index contributed by atoms with van der Waals surface area (Å²) in [6, 6.07) is 10.2. The van der Waals surface area contributed by atoms with Crippen LogP contribution < -0.4 is 9.47 Å². The minimum absolute atomic E-state index is 0.00486. The van der Waals surface area contributed by atoms with Crippen LogP contribution in [0.2, 0.25) is 18.1 Å². The lowest BCUT2D eigenvalue weighted by molar-refractivity contribution is 0.0823. The molecule has 0 aliphatic carbocycles. The molecule has 200 valence electrons. The molecule has 0 unspecified atom stereocenters. The van der Waals surface area contributed by atoms with E-state index in [9.17, 15) is 5.11 Å². The first-order valence-electron chi connectivity index (χ1n) is 12.7. The fourth-order valence-corrected chi connectivity index (χ4v) is 5.53. The fourth-order valence-electron chi connectivity index (χ4n) is 4.19. The van der Waals surface area contributed by atoms with Gasteiger partial charge in [0.2, 0.25) is 0 Å². The van der Waals surface area contributed by atoms with Crippen LogP contribution in [0.25, 0.3) is 6.08 Å². The molecular formula is C30H46O5Si. The van der Waals surface area contributed by atoms with Gasteiger partial charge >= 0.3 is 0 Å². The first kappa shape index (κ1) is 30.1. The number of ether oxygens (including phenoxy) is 3. The van der Waals surface area contributed by atoms with Crippen molar-refractivity contribution < 1.29 is 23.7 Å². The van der Waals surface area contributed by atoms with Gasteiger partial charge in [-0.1, -0.05) is 70.7 Å². The van der Waals surface area contributed by atoms with E-state index in [2.05, 4.69) is 52.6 Å². The van der Waals surface area contributed by atoms with Crippen LogP contribution in [0.3, 0.4) is 0 Å². The lowest BCUT2D eigenvalue weighted by atomic mass is 9.87. The number of hydrogen-bond acceptors (Lipinski definition) is 5. The van der Waals surface area contributed by atoms with Crippen LogP contribution in [0.4, 0.5) is 0 Å². The van der Waals surface area contributed by atoms with Crippen molar-refractivity contribution in [2.75, 3.05) is 27.4 Å². The van der Waals surface area contributed by atoms with Crippen LogP contribution in [-0.2, 0) is 22.2 Å². The van der Waals surface area contributed by atoms with Gasteiger partial charge in [-0.3, -0.25) is 0 Å². The second-order valence-corrected chi connectivity index (χ2v) is 15.7. The first-order chi connectivity index (χ1) is 16.9. The molecule has 1 N–H and O–H groups in total. The molecule has 0 aromatic heterocycles. The maximum atomic E-state index is 10.2. The Morgan fingerprint density at radius 1 is 1.06 bits per heavy atom. The molecule has 0 aliphatic rings. The Kier molecular flexibility index (Phi) is 10.8. The highest BCUT2D eigenvalue weighted by Gasteiger charge is 2.42. The summed E-state index contributed by atoms with van der Waals surface area (Å²) in [5, 5.41) is 10.2. The van der Waals surface area contributed by atoms with Gasteiger partial charge in [0.25, 0.3) is 0 Å². The SMILES string of the molecule is C=Cc1c(OC)c(C)c(CCOCc2ccccc2)c(OC)c1[C@@H](O[Si](C)(C)C(C)(C)C)[C@H](C)CO. The summed E-state index contributed by atoms with van der Waals surface area (Å²) in [5.41, 5.74) is 4.90. The summed E-state index contributed by atoms with van der Waals surface area (Å²) in [5.74, 6) is 1.37. The van der Waals surface area contributed by atoms with Gasteiger partial charge in [-0.2, -0.15) is 0 Å². The molecule has 0 amide bonds. The zero-order valence-corrected chi connectivity index (χ0v) is 24.7. The first-order valence-corrected chi connectivity index (χ1v) is 15.6. The maximum Gasteiger partial charge on any atom is 0.192 e. The molecular weight excluding hydrogens is 468 g/mol. The highest BCUT2D eigenvalue weighted by Crippen LogP contribution is 2.48. The van der Waals surface area contributed by atoms with E-state index in [-0.39, 0.29) is 23.7 Å². The van der Waals surface area contributed by atoms with Crippen molar-refractivity contribution in [2.24, 2.45) is 5.92 Å². The molecule has 0 bridgehead atoms. The number of aliphatic hydroxyl groups excluding tert-OH is 1. The lowest BCUT2D eigenvalue weighted by Crippen LogP contribution is -2.43. The maximum absolute atomic E-state index is 10.2. The normalized spacial score (nSPS) is 13.8. The zero-order chi connectivity index (χ0) is 27.1. The average Bonchev–Trinajstić information content (AvgIpc) is 2.84. The standard InChI is InChI=1S/C30H46O5Si/c1-11-24-26(27(21(2)19-31)35-36(9,10)30(4,5)6)29(33-8)25(22(3)28(24)32-7)17-18-34-20-23-15-13-12-14-16-23/h11-16,21,27,31H,1,17-20H2,2-10H3/t21-,27+/m1/s1. The number of benzene rings is 2. The smallest absolute Gasteiger partial charge is 0.192 e. The summed E-state index contributed by atoms with van der Waals surface area (Å²) in [6.07, 6.45) is 2.09. The number of methoxy groups -OCH3 is 2. The van der Waals surface area contributed by atoms with Crippen molar-refractivity contribution in [3.8, 4) is 11.5 Å². The van der Waals surface area contributed by atoms with Crippen LogP contribution in [0.5, 0.6) is 11.5 Å². The predicted molar refractivity (Wildman–Crippen MR) is 151 cm³/mol. The Balaban J connectivity index is 2.58. The molecule has 6 heteroatoms. The van der Waals surface area contributed by atoms with Gasteiger partial charge in [0, 0.05) is 29.2 Å². The van der Waals surface area contributed by atoms with Crippen LogP contribution in [0.1, 0.15) is 61.6 Å². The molecule has 0 aliphatic heterocycles. The highest BCUT2D eigenvalue weighted by atomic mass is 28.4. The summed E-state index contributed by atoms with van der Waals surface area (Å²) in [4.78, 5) is 0. The van der Waals surface area contributed by atoms with E-state index in [1.54, 1.807) is 14.2 Å². The number of hydrogen-bond donors (Lipinski definition) is 1. The predicted octanol–water partition coefficient (Wildman–Crippen LogP) is 7.11. The quantitative estimate of drug-likeness (QED) is 0.228. The molecule has 2 aromatic carbocycles. The third-order valence-corrected chi connectivity index (χ3v) is 11.8. The van der Waals surface area contributed by atoms with Crippen LogP contribution in [-0.4, -0.2) is 40.9 Å². The van der Waals surface area contributed by atoms with E-state index < -0.39 is 8.32 Å². The van der Waals surface area contributed by atoms with Crippen molar-refractivity contribution in [1.82, 2.24) is 0 Å². The molecule has 0 saturated carbocycles. The van der Waals surface area contributed by atoms with Crippen molar-refractivity contribution in [1.29, 1.82) is 0 Å². The molecule has 0 saturated heterocycles. The highest BCUT2D eigenvalue weighted by molar-refractivity contribution is 6.74. The van der Waals surface area contributed by atoms with E-state index in [1.807, 2.05) is 38.1 Å². The topological polar surface area (TPSA) is 57.2 Å². The Labute approximate surface area is 219 Å². The van der Waals surface area contributed by atoms with Crippen LogP contribution >= 0.6 is 0 Å². The molecule has 2 aromatic rings. The van der Waals surface area contributed by atoms with E-state index in [1.165, 1.54) is 0 Å². The Hall–Kier alpha value is -2.12. The van der Waals surface area contributed by atoms with E-state index >= 15 is 0 Å². The van der Waals surface area contributed by atoms with E-state index in [4.69, 9.17) is 18.6 Å². The van der Waals surface area contributed by atoms with Gasteiger partial charge < -0.3 is 23.7 Å². The largest absolute Gasteiger partial charge is 0.496 e. The molecule has 0 radical (unpaired) electrons. The van der Waals surface area contributed by atoms with Gasteiger partial charge in [-0.25, -0.2) is 0 Å². The molecule has 2 rings (SSSR count). The van der Waals surface area contributed by atoms with Crippen molar-refractivity contribution in [3.05, 3.63) is 64.7 Å². The minimum Gasteiger partial charge on any atom is -0.496 e. The Morgan fingerprint density at radius 2 is 1.67 bits per heavy atom. The zero-order valence-electron chi connectivity index (χ0n) is 23.7. The summed E-state index contributed by atoms with van der Waals surface area (Å²) in [7, 11) is 1.18. The van der Waals surface area contributed by atoms with Gasteiger partial charge in [-0.15, -0.1) is 0 Å². The van der Waals surface area contributed by atoms with E-state index in [0.29, 0.717) is 19.6 Å². The van der Waals surface area contributed by atoms with Gasteiger partial charge in [-0.05, 0) is 42.6 Å². The number of aliphatic hydroxyl groups is 1. The molecule has 0 fully saturated rings. The monoisotopic (exact) mass is 514 g/mol. The summed E-state index contributed by atoms with van der Waals surface area (Å²) < 4.78 is 25.0. The molecule has 5 nitrogen and oxygen atoms in total. The van der Waals surface area contributed by atoms with Crippen molar-refractivity contribution in [3.63, 3.8) is 0 Å². The summed E-state index contributed by atoms with van der Waals surface area (Å²) in [6.45, 7) is 20.4. The van der Waals surface area contributed by atoms with Gasteiger partial charge in [0.05, 0.1) is 33.5 Å². The lowest BCUT2D eigenvalue weighted by Gasteiger charge is -2.42. The fraction of sp³-hybridized carbons (Fsp3) is 0.533. The minimum atomic E-state index is -2.19. The van der Waals surface area contributed by atoms with Crippen molar-refractivity contribution >= 4 is 14.4 Å². The molecule has 0 heterocycles. The average molecular weight is 515 g/mol. The Morgan fingerprint density at radius 3 is 2.17 bits per heavy atom. The van der Waals surface area contributed by atoms with Crippen LogP contribution in [0.15, 0.2) is 36.9 Å². The number of rotatable bonds is 13. The second kappa shape index (κ2) is 12.9. The third-order valence-electron chi connectivity index (χ3n) is 7.38. The third kappa shape index (κ3) is 6.80. The van der Waals surface area contributed by atoms with Crippen LogP contribution in [0, 0.1) is 12.8 Å². The van der Waals surface area contributed by atoms with Gasteiger partial charge in [0.15, 0.2) is 8.32 Å². The molecule has 0 spiro atoms.